The fourth-order valence-electron chi connectivity index (χ4n) is 4.42. The van der Waals surface area contributed by atoms with E-state index >= 15 is 0 Å². The lowest BCUT2D eigenvalue weighted by molar-refractivity contribution is -0.128. The Kier molecular flexibility index (Phi) is 9.01. The van der Waals surface area contributed by atoms with Gasteiger partial charge >= 0.3 is 0 Å². The number of aromatic nitrogens is 2. The highest BCUT2D eigenvalue weighted by molar-refractivity contribution is 5.94. The zero-order chi connectivity index (χ0) is 26.0. The van der Waals surface area contributed by atoms with Crippen molar-refractivity contribution in [1.29, 1.82) is 5.41 Å². The van der Waals surface area contributed by atoms with Crippen LogP contribution in [0.3, 0.4) is 0 Å². The third-order valence-electron chi connectivity index (χ3n) is 6.50. The second-order valence-corrected chi connectivity index (χ2v) is 9.26. The minimum absolute atomic E-state index is 0.00485. The summed E-state index contributed by atoms with van der Waals surface area (Å²) in [6.07, 6.45) is 3.34. The summed E-state index contributed by atoms with van der Waals surface area (Å²) >= 11 is 0. The molecule has 1 aliphatic rings. The minimum atomic E-state index is -0.705. The van der Waals surface area contributed by atoms with Crippen LogP contribution in [0.4, 0.5) is 0 Å². The third-order valence-corrected chi connectivity index (χ3v) is 6.50. The number of nitrogens with one attached hydrogen (secondary N) is 5. The minimum Gasteiger partial charge on any atom is -0.384 e. The third kappa shape index (κ3) is 7.73. The Morgan fingerprint density at radius 1 is 1.05 bits per heavy atom. The van der Waals surface area contributed by atoms with Gasteiger partial charge in [0, 0.05) is 44.0 Å². The van der Waals surface area contributed by atoms with E-state index in [-0.39, 0.29) is 30.2 Å². The number of carbonyl (C=O) groups is 2. The van der Waals surface area contributed by atoms with Gasteiger partial charge in [-0.2, -0.15) is 5.10 Å². The molecule has 1 aromatic heterocycles. The van der Waals surface area contributed by atoms with Crippen molar-refractivity contribution >= 4 is 17.6 Å². The van der Waals surface area contributed by atoms with E-state index in [9.17, 15) is 9.59 Å². The highest BCUT2D eigenvalue weighted by Crippen LogP contribution is 2.14. The van der Waals surface area contributed by atoms with E-state index in [1.165, 1.54) is 5.56 Å². The zero-order valence-corrected chi connectivity index (χ0v) is 20.7. The summed E-state index contributed by atoms with van der Waals surface area (Å²) in [5.74, 6) is -0.513. The molecule has 0 bridgehead atoms. The van der Waals surface area contributed by atoms with Gasteiger partial charge in [-0.3, -0.25) is 30.3 Å². The van der Waals surface area contributed by atoms with Crippen molar-refractivity contribution in [3.05, 3.63) is 89.2 Å². The Labute approximate surface area is 216 Å². The number of hydrogen-bond acceptors (Lipinski definition) is 6. The smallest absolute Gasteiger partial charge is 0.243 e. The molecule has 2 heterocycles. The van der Waals surface area contributed by atoms with Crippen LogP contribution in [-0.2, 0) is 22.7 Å². The molecule has 194 valence electrons. The van der Waals surface area contributed by atoms with E-state index in [0.717, 1.165) is 38.0 Å². The van der Waals surface area contributed by atoms with Crippen molar-refractivity contribution in [2.45, 2.75) is 38.0 Å². The fourth-order valence-corrected chi connectivity index (χ4v) is 4.42. The molecule has 4 rings (SSSR count). The number of nitrogens with zero attached hydrogens (tertiary/aromatic N) is 2. The first-order valence-corrected chi connectivity index (χ1v) is 12.5. The predicted octanol–water partition coefficient (Wildman–Crippen LogP) is 1.42. The summed E-state index contributed by atoms with van der Waals surface area (Å²) in [6, 6.07) is 18.7. The number of likely N-dealkylation sites (tertiary alicyclic amines) is 1. The molecule has 1 atom stereocenters. The van der Waals surface area contributed by atoms with Crippen molar-refractivity contribution < 1.29 is 9.59 Å². The Morgan fingerprint density at radius 2 is 1.78 bits per heavy atom. The van der Waals surface area contributed by atoms with E-state index in [0.29, 0.717) is 17.8 Å². The molecule has 2 aromatic carbocycles. The van der Waals surface area contributed by atoms with Gasteiger partial charge < -0.3 is 16.4 Å². The van der Waals surface area contributed by atoms with Crippen molar-refractivity contribution in [2.75, 3.05) is 19.6 Å². The summed E-state index contributed by atoms with van der Waals surface area (Å²) < 4.78 is 0. The van der Waals surface area contributed by atoms with E-state index in [1.807, 2.05) is 18.2 Å². The molecular formula is C27H34N8O2. The first kappa shape index (κ1) is 26.1. The molecule has 1 fully saturated rings. The Balaban J connectivity index is 1.22. The summed E-state index contributed by atoms with van der Waals surface area (Å²) in [7, 11) is 0. The number of benzene rings is 2. The quantitative estimate of drug-likeness (QED) is 0.172. The molecule has 1 saturated heterocycles. The van der Waals surface area contributed by atoms with Crippen LogP contribution in [0.15, 0.2) is 66.9 Å². The predicted molar refractivity (Wildman–Crippen MR) is 142 cm³/mol. The molecular weight excluding hydrogens is 468 g/mol. The van der Waals surface area contributed by atoms with Gasteiger partial charge in [-0.15, -0.1) is 0 Å². The van der Waals surface area contributed by atoms with E-state index in [1.54, 1.807) is 24.4 Å². The monoisotopic (exact) mass is 502 g/mol. The van der Waals surface area contributed by atoms with Crippen LogP contribution in [0.2, 0.25) is 0 Å². The maximum atomic E-state index is 13.0. The van der Waals surface area contributed by atoms with Gasteiger partial charge in [0.15, 0.2) is 0 Å². The number of amidine groups is 1. The van der Waals surface area contributed by atoms with Gasteiger partial charge in [-0.05, 0) is 30.0 Å². The molecule has 7 N–H and O–H groups in total. The van der Waals surface area contributed by atoms with Gasteiger partial charge in [0.2, 0.25) is 11.8 Å². The lowest BCUT2D eigenvalue weighted by Gasteiger charge is -2.32. The second-order valence-electron chi connectivity index (χ2n) is 9.26. The maximum Gasteiger partial charge on any atom is 0.243 e. The fraction of sp³-hybridized carbons (Fsp3) is 0.333. The first-order chi connectivity index (χ1) is 18.0. The van der Waals surface area contributed by atoms with Gasteiger partial charge in [0.1, 0.15) is 11.9 Å². The number of nitrogens with two attached hydrogens (primary N) is 1. The second kappa shape index (κ2) is 12.8. The Hall–Kier alpha value is -4.02. The van der Waals surface area contributed by atoms with Crippen molar-refractivity contribution in [3.63, 3.8) is 0 Å². The Bertz CT molecular complexity index is 1160. The van der Waals surface area contributed by atoms with Crippen LogP contribution in [0.5, 0.6) is 0 Å². The summed E-state index contributed by atoms with van der Waals surface area (Å²) in [6.45, 7) is 3.07. The standard InChI is InChI=1S/C27H34N8O2/c28-26(29)21-8-6-19(7-9-21)16-30-25(23-10-13-32-34-23)27(37)31-17-24(36)33-22-11-14-35(15-12-22)18-20-4-2-1-3-5-20/h1-10,13,22,25,30H,11-12,14-18H2,(H3,28,29)(H,31,37)(H,32,34)(H,33,36). The molecule has 0 spiro atoms. The molecule has 0 radical (unpaired) electrons. The van der Waals surface area contributed by atoms with Gasteiger partial charge in [0.25, 0.3) is 0 Å². The average Bonchev–Trinajstić information content (AvgIpc) is 3.44. The van der Waals surface area contributed by atoms with Crippen LogP contribution >= 0.6 is 0 Å². The van der Waals surface area contributed by atoms with Crippen LogP contribution in [0.1, 0.15) is 41.3 Å². The molecule has 10 heteroatoms. The first-order valence-electron chi connectivity index (χ1n) is 12.5. The number of rotatable bonds is 11. The van der Waals surface area contributed by atoms with E-state index < -0.39 is 6.04 Å². The van der Waals surface area contributed by atoms with Crippen LogP contribution in [-0.4, -0.2) is 58.4 Å². The van der Waals surface area contributed by atoms with Crippen LogP contribution in [0.25, 0.3) is 0 Å². The number of carbonyl (C=O) groups excluding carboxylic acids is 2. The number of hydrogen-bond donors (Lipinski definition) is 6. The van der Waals surface area contributed by atoms with Gasteiger partial charge in [-0.25, -0.2) is 0 Å². The molecule has 1 aliphatic heterocycles. The molecule has 3 aromatic rings. The lowest BCUT2D eigenvalue weighted by Crippen LogP contribution is -2.48. The largest absolute Gasteiger partial charge is 0.384 e. The maximum absolute atomic E-state index is 13.0. The number of H-pyrrole nitrogens is 1. The molecule has 37 heavy (non-hydrogen) atoms. The summed E-state index contributed by atoms with van der Waals surface area (Å²) in [5.41, 5.74) is 8.97. The highest BCUT2D eigenvalue weighted by Gasteiger charge is 2.24. The lowest BCUT2D eigenvalue weighted by atomic mass is 10.0. The topological polar surface area (TPSA) is 152 Å². The molecule has 1 unspecified atom stereocenters. The van der Waals surface area contributed by atoms with E-state index in [2.05, 4.69) is 55.3 Å². The average molecular weight is 503 g/mol. The highest BCUT2D eigenvalue weighted by atomic mass is 16.2. The number of amides is 2. The van der Waals surface area contributed by atoms with Gasteiger partial charge in [-0.1, -0.05) is 54.6 Å². The zero-order valence-electron chi connectivity index (χ0n) is 20.7. The Morgan fingerprint density at radius 3 is 2.43 bits per heavy atom. The number of nitrogen functional groups attached to an aromatic ring is 1. The molecule has 0 aliphatic carbocycles. The van der Waals surface area contributed by atoms with Gasteiger partial charge in [0.05, 0.1) is 12.2 Å². The van der Waals surface area contributed by atoms with Crippen LogP contribution in [0, 0.1) is 5.41 Å². The molecule has 10 nitrogen and oxygen atoms in total. The summed E-state index contributed by atoms with van der Waals surface area (Å²) in [4.78, 5) is 27.9. The normalized spacial score (nSPS) is 15.1. The molecule has 0 saturated carbocycles. The van der Waals surface area contributed by atoms with Crippen molar-refractivity contribution in [2.24, 2.45) is 5.73 Å². The summed E-state index contributed by atoms with van der Waals surface area (Å²) in [5, 5.41) is 23.3. The SMILES string of the molecule is N=C(N)c1ccc(CNC(C(=O)NCC(=O)NC2CCN(Cc3ccccc3)CC2)c2ccn[nH]2)cc1. The molecule has 2 amide bonds. The number of aromatic amines is 1. The van der Waals surface area contributed by atoms with Crippen molar-refractivity contribution in [3.8, 4) is 0 Å². The van der Waals surface area contributed by atoms with Crippen molar-refractivity contribution in [1.82, 2.24) is 31.0 Å². The number of piperidine rings is 1. The van der Waals surface area contributed by atoms with Crippen LogP contribution < -0.4 is 21.7 Å². The van der Waals surface area contributed by atoms with E-state index in [4.69, 9.17) is 11.1 Å².